The number of ether oxygens (including phenoxy) is 2. The maximum Gasteiger partial charge on any atom is 0.337 e. The molecule has 0 spiro atoms. The monoisotopic (exact) mass is 526 g/mol. The molecule has 0 aromatic carbocycles. The molecular weight excluding hydrogens is 476 g/mol. The summed E-state index contributed by atoms with van der Waals surface area (Å²) in [6.45, 7) is 16.3. The summed E-state index contributed by atoms with van der Waals surface area (Å²) >= 11 is 0. The second kappa shape index (κ2) is 8.36. The van der Waals surface area contributed by atoms with Gasteiger partial charge < -0.3 is 14.6 Å². The minimum atomic E-state index is -0.483. The Labute approximate surface area is 229 Å². The fraction of sp³-hybridized carbons (Fsp3) is 0.818. The summed E-state index contributed by atoms with van der Waals surface area (Å²) in [7, 11) is 2.97. The first-order chi connectivity index (χ1) is 17.5. The highest BCUT2D eigenvalue weighted by molar-refractivity contribution is 5.89. The number of aliphatic hydroxyl groups excluding tert-OH is 1. The summed E-state index contributed by atoms with van der Waals surface area (Å²) in [4.78, 5) is 26.3. The number of esters is 2. The van der Waals surface area contributed by atoms with Crippen molar-refractivity contribution in [3.63, 3.8) is 0 Å². The third-order valence-electron chi connectivity index (χ3n) is 13.3. The normalized spacial score (nSPS) is 45.0. The molecule has 0 heterocycles. The van der Waals surface area contributed by atoms with E-state index < -0.39 is 16.8 Å². The zero-order valence-electron chi connectivity index (χ0n) is 25.3. The molecule has 5 rings (SSSR count). The third kappa shape index (κ3) is 3.35. The molecule has 5 heteroatoms. The summed E-state index contributed by atoms with van der Waals surface area (Å²) in [6, 6.07) is 0. The zero-order valence-corrected chi connectivity index (χ0v) is 25.3. The molecule has 7 atom stereocenters. The number of aliphatic hydroxyl groups is 1. The highest BCUT2D eigenvalue weighted by Crippen LogP contribution is 2.76. The second-order valence-electron chi connectivity index (χ2n) is 15.6. The van der Waals surface area contributed by atoms with Crippen LogP contribution in [0.1, 0.15) is 106 Å². The predicted molar refractivity (Wildman–Crippen MR) is 148 cm³/mol. The molecule has 0 amide bonds. The van der Waals surface area contributed by atoms with Crippen LogP contribution in [0.3, 0.4) is 0 Å². The van der Waals surface area contributed by atoms with E-state index in [1.54, 1.807) is 7.11 Å². The van der Waals surface area contributed by atoms with E-state index in [-0.39, 0.29) is 45.2 Å². The van der Waals surface area contributed by atoms with Crippen molar-refractivity contribution in [2.45, 2.75) is 106 Å². The van der Waals surface area contributed by atoms with Crippen molar-refractivity contribution in [3.8, 4) is 0 Å². The molecule has 38 heavy (non-hydrogen) atoms. The maximum absolute atomic E-state index is 13.4. The van der Waals surface area contributed by atoms with E-state index in [0.29, 0.717) is 17.9 Å². The van der Waals surface area contributed by atoms with Crippen molar-refractivity contribution in [2.24, 2.45) is 50.2 Å². The Morgan fingerprint density at radius 2 is 1.55 bits per heavy atom. The van der Waals surface area contributed by atoms with Gasteiger partial charge in [0, 0.05) is 5.41 Å². The van der Waals surface area contributed by atoms with Crippen molar-refractivity contribution in [1.29, 1.82) is 0 Å². The quantitative estimate of drug-likeness (QED) is 0.297. The van der Waals surface area contributed by atoms with E-state index >= 15 is 0 Å². The highest BCUT2D eigenvalue weighted by atomic mass is 16.5. The van der Waals surface area contributed by atoms with E-state index in [1.165, 1.54) is 12.7 Å². The van der Waals surface area contributed by atoms with Gasteiger partial charge in [-0.3, -0.25) is 4.79 Å². The fourth-order valence-corrected chi connectivity index (χ4v) is 10.9. The number of fused-ring (bicyclic) bond motifs is 7. The molecule has 5 aliphatic rings. The van der Waals surface area contributed by atoms with Crippen LogP contribution in [0.25, 0.3) is 0 Å². The first-order valence-corrected chi connectivity index (χ1v) is 14.8. The minimum absolute atomic E-state index is 0.0127. The largest absolute Gasteiger partial charge is 0.511 e. The number of methoxy groups -OCH3 is 2. The lowest BCUT2D eigenvalue weighted by Crippen LogP contribution is -2.64. The Balaban J connectivity index is 1.63. The summed E-state index contributed by atoms with van der Waals surface area (Å²) < 4.78 is 10.6. The van der Waals surface area contributed by atoms with E-state index in [1.807, 2.05) is 0 Å². The van der Waals surface area contributed by atoms with E-state index in [4.69, 9.17) is 9.47 Å². The Bertz CT molecular complexity index is 1110. The number of rotatable bonds is 2. The van der Waals surface area contributed by atoms with Crippen LogP contribution in [0.5, 0.6) is 0 Å². The number of hydrogen-bond acceptors (Lipinski definition) is 5. The molecule has 0 bridgehead atoms. The Hall–Kier alpha value is -1.78. The number of carbonyl (C=O) groups is 2. The molecule has 0 unspecified atom stereocenters. The average molecular weight is 527 g/mol. The van der Waals surface area contributed by atoms with Crippen molar-refractivity contribution < 1.29 is 24.2 Å². The van der Waals surface area contributed by atoms with Gasteiger partial charge in [-0.2, -0.15) is 0 Å². The lowest BCUT2D eigenvalue weighted by atomic mass is 9.34. The van der Waals surface area contributed by atoms with Gasteiger partial charge in [-0.25, -0.2) is 4.79 Å². The molecule has 0 aromatic heterocycles. The predicted octanol–water partition coefficient (Wildman–Crippen LogP) is 7.56. The molecule has 0 aliphatic heterocycles. The average Bonchev–Trinajstić information content (AvgIpc) is 2.85. The number of carbonyl (C=O) groups excluding carboxylic acids is 2. The smallest absolute Gasteiger partial charge is 0.337 e. The summed E-state index contributed by atoms with van der Waals surface area (Å²) in [5.41, 5.74) is 1.16. The second-order valence-corrected chi connectivity index (χ2v) is 15.6. The molecule has 5 nitrogen and oxygen atoms in total. The van der Waals surface area contributed by atoms with Crippen LogP contribution < -0.4 is 0 Å². The lowest BCUT2D eigenvalue weighted by Gasteiger charge is -2.70. The Morgan fingerprint density at radius 1 is 0.895 bits per heavy atom. The van der Waals surface area contributed by atoms with Crippen molar-refractivity contribution in [3.05, 3.63) is 23.0 Å². The number of allylic oxidation sites excluding steroid dienone is 3. The van der Waals surface area contributed by atoms with Crippen LogP contribution in [0.15, 0.2) is 23.0 Å². The van der Waals surface area contributed by atoms with E-state index in [0.717, 1.165) is 51.4 Å². The molecular formula is C33H50O5. The summed E-state index contributed by atoms with van der Waals surface area (Å²) in [6.07, 6.45) is 11.0. The van der Waals surface area contributed by atoms with Gasteiger partial charge >= 0.3 is 11.9 Å². The maximum atomic E-state index is 13.4. The SMILES string of the molecule is COC(=O)C1=C(O)C(C)(C)[C@@H]2CC[C@]3(C)[C@H](CC=C4[C@@H]5CC(C)(C)CC[C@]5(C(=O)OC)CC[C@]43C)[C@@]2(C)C1. The topological polar surface area (TPSA) is 72.8 Å². The van der Waals surface area contributed by atoms with Crippen molar-refractivity contribution >= 4 is 11.9 Å². The first kappa shape index (κ1) is 27.8. The van der Waals surface area contributed by atoms with E-state index in [2.05, 4.69) is 54.5 Å². The standard InChI is InChI=1S/C33H50O5/c1-28(2)14-16-33(27(36)38-9)17-15-31(6)21(22(33)19-28)10-11-24-30(5)18-20(26(35)37-8)25(34)29(3,4)23(30)12-13-32(24,31)7/h10,22-24,34H,11-19H2,1-9H3/t22-,23-,24+,30-,31+,32+,33-/m0/s1. The van der Waals surface area contributed by atoms with Crippen LogP contribution in [0.4, 0.5) is 0 Å². The molecule has 3 saturated carbocycles. The third-order valence-corrected chi connectivity index (χ3v) is 13.3. The number of hydrogen-bond donors (Lipinski definition) is 1. The summed E-state index contributed by atoms with van der Waals surface area (Å²) in [5.74, 6) is 0.687. The van der Waals surface area contributed by atoms with Gasteiger partial charge in [-0.05, 0) is 97.2 Å². The van der Waals surface area contributed by atoms with Crippen LogP contribution in [-0.2, 0) is 19.1 Å². The van der Waals surface area contributed by atoms with Gasteiger partial charge in [0.05, 0.1) is 25.2 Å². The first-order valence-electron chi connectivity index (χ1n) is 14.8. The lowest BCUT2D eigenvalue weighted by molar-refractivity contribution is -0.183. The van der Waals surface area contributed by atoms with Crippen LogP contribution >= 0.6 is 0 Å². The van der Waals surface area contributed by atoms with Gasteiger partial charge in [0.1, 0.15) is 5.76 Å². The van der Waals surface area contributed by atoms with Gasteiger partial charge in [0.2, 0.25) is 0 Å². The molecule has 0 radical (unpaired) electrons. The van der Waals surface area contributed by atoms with Crippen molar-refractivity contribution in [1.82, 2.24) is 0 Å². The Morgan fingerprint density at radius 3 is 2.18 bits per heavy atom. The Kier molecular flexibility index (Phi) is 6.11. The van der Waals surface area contributed by atoms with Gasteiger partial charge in [0.25, 0.3) is 0 Å². The van der Waals surface area contributed by atoms with Crippen LogP contribution in [0, 0.1) is 50.2 Å². The van der Waals surface area contributed by atoms with Gasteiger partial charge in [-0.15, -0.1) is 0 Å². The van der Waals surface area contributed by atoms with Gasteiger partial charge in [-0.1, -0.05) is 60.1 Å². The molecule has 212 valence electrons. The van der Waals surface area contributed by atoms with Crippen LogP contribution in [0.2, 0.25) is 0 Å². The molecule has 5 aliphatic carbocycles. The molecule has 0 saturated heterocycles. The van der Waals surface area contributed by atoms with Crippen molar-refractivity contribution in [2.75, 3.05) is 14.2 Å². The van der Waals surface area contributed by atoms with Gasteiger partial charge in [0.15, 0.2) is 0 Å². The molecule has 3 fully saturated rings. The molecule has 0 aromatic rings. The van der Waals surface area contributed by atoms with Crippen LogP contribution in [-0.4, -0.2) is 31.3 Å². The fourth-order valence-electron chi connectivity index (χ4n) is 10.9. The van der Waals surface area contributed by atoms with E-state index in [9.17, 15) is 14.7 Å². The highest BCUT2D eigenvalue weighted by Gasteiger charge is 2.69. The summed E-state index contributed by atoms with van der Waals surface area (Å²) in [5, 5.41) is 11.3. The zero-order chi connectivity index (χ0) is 28.1. The molecule has 1 N–H and O–H groups in total. The minimum Gasteiger partial charge on any atom is -0.511 e.